The maximum absolute atomic E-state index is 13.2. The molecule has 19 heavy (non-hydrogen) atoms. The van der Waals surface area contributed by atoms with E-state index in [0.29, 0.717) is 10.8 Å². The van der Waals surface area contributed by atoms with Crippen LogP contribution in [0, 0.1) is 5.82 Å². The van der Waals surface area contributed by atoms with Crippen molar-refractivity contribution in [3.8, 4) is 0 Å². The van der Waals surface area contributed by atoms with Gasteiger partial charge in [0, 0.05) is 5.69 Å². The van der Waals surface area contributed by atoms with Gasteiger partial charge in [-0.25, -0.2) is 4.39 Å². The molecular weight excluding hydrogens is 311 g/mol. The number of rotatable bonds is 1. The van der Waals surface area contributed by atoms with Gasteiger partial charge in [-0.3, -0.25) is 0 Å². The molecule has 2 saturated heterocycles. The predicted octanol–water partition coefficient (Wildman–Crippen LogP) is 1.90. The average molecular weight is 322 g/mol. The van der Waals surface area contributed by atoms with Gasteiger partial charge in [-0.05, 0) is 30.4 Å². The molecule has 3 rings (SSSR count). The standard InChI is InChI=1S/C11H10ClFN2O2S2/c12-7-3-6(1-2-8(7)13)15-10-5-19(16,17)4-9(10)14-11(15)18/h1-3,9-10H,4-5H2,(H-,14,16,17,18)/p+1/t9-,10+/m1/s1. The largest absolute Gasteiger partial charge is 0.352 e. The first-order valence-electron chi connectivity index (χ1n) is 5.64. The Hall–Kier alpha value is -0.760. The monoisotopic (exact) mass is 321 g/mol. The lowest BCUT2D eigenvalue weighted by Crippen LogP contribution is -2.37. The number of anilines is 1. The molecule has 2 N–H and O–H groups in total. The fraction of sp³-hybridized carbons (Fsp3) is 0.364. The molecular formula is C11H11ClFN2O2S2+. The number of hydrogen-bond donors (Lipinski definition) is 2. The van der Waals surface area contributed by atoms with Gasteiger partial charge in [-0.2, -0.15) is 4.55 Å². The van der Waals surface area contributed by atoms with Gasteiger partial charge in [0.1, 0.15) is 17.9 Å². The van der Waals surface area contributed by atoms with Crippen molar-refractivity contribution in [1.82, 2.24) is 5.32 Å². The van der Waals surface area contributed by atoms with Gasteiger partial charge >= 0.3 is 0 Å². The lowest BCUT2D eigenvalue weighted by Gasteiger charge is -2.22. The summed E-state index contributed by atoms with van der Waals surface area (Å²) in [4.78, 5) is 1.74. The van der Waals surface area contributed by atoms with Crippen molar-refractivity contribution in [3.63, 3.8) is 0 Å². The minimum absolute atomic E-state index is 0.00600. The van der Waals surface area contributed by atoms with Crippen molar-refractivity contribution >= 4 is 44.8 Å². The first kappa shape index (κ1) is 13.2. The Kier molecular flexibility index (Phi) is 3.05. The number of fused-ring (bicyclic) bond motifs is 1. The summed E-state index contributed by atoms with van der Waals surface area (Å²) in [5.41, 5.74) is 0.633. The van der Waals surface area contributed by atoms with E-state index in [2.05, 4.69) is 5.32 Å². The van der Waals surface area contributed by atoms with Crippen LogP contribution in [0.15, 0.2) is 18.2 Å². The Morgan fingerprint density at radius 3 is 2.95 bits per heavy atom. The Balaban J connectivity index is 1.97. The second kappa shape index (κ2) is 4.37. The molecule has 0 saturated carbocycles. The smallest absolute Gasteiger partial charge is 0.218 e. The molecule has 1 aromatic rings. The van der Waals surface area contributed by atoms with Crippen molar-refractivity contribution in [2.24, 2.45) is 0 Å². The first-order chi connectivity index (χ1) is 8.87. The number of benzene rings is 1. The van der Waals surface area contributed by atoms with Crippen LogP contribution in [0.4, 0.5) is 10.1 Å². The molecule has 2 aliphatic heterocycles. The fourth-order valence-corrected chi connectivity index (χ4v) is 5.04. The van der Waals surface area contributed by atoms with Crippen LogP contribution in [0.5, 0.6) is 0 Å². The molecule has 2 heterocycles. The van der Waals surface area contributed by atoms with E-state index in [1.54, 1.807) is 11.0 Å². The average Bonchev–Trinajstić information content (AvgIpc) is 2.73. The third-order valence-electron chi connectivity index (χ3n) is 3.38. The summed E-state index contributed by atoms with van der Waals surface area (Å²) < 4.78 is 34.6. The molecule has 0 aliphatic carbocycles. The summed E-state index contributed by atoms with van der Waals surface area (Å²) >= 11 is 11.0. The maximum Gasteiger partial charge on any atom is 0.218 e. The molecule has 2 aliphatic rings. The minimum atomic E-state index is -2.81. The number of hydrogen-bond acceptors (Lipinski definition) is 2. The zero-order valence-corrected chi connectivity index (χ0v) is 12.1. The summed E-state index contributed by atoms with van der Waals surface area (Å²) in [7, 11) is -2.81. The van der Waals surface area contributed by atoms with Crippen LogP contribution >= 0.6 is 23.8 Å². The first-order valence-corrected chi connectivity index (χ1v) is 8.28. The minimum Gasteiger partial charge on any atom is -0.352 e. The van der Waals surface area contributed by atoms with Gasteiger partial charge in [0.05, 0.1) is 5.02 Å². The topological polar surface area (TPSA) is 52.6 Å². The molecule has 1 aromatic carbocycles. The summed E-state index contributed by atoms with van der Waals surface area (Å²) in [6, 6.07) is 3.97. The number of nitrogens with zero attached hydrogens (tertiary/aromatic N) is 1. The Morgan fingerprint density at radius 2 is 2.26 bits per heavy atom. The molecule has 0 aromatic heterocycles. The van der Waals surface area contributed by atoms with Crippen LogP contribution < -0.4 is 10.2 Å². The molecule has 3 atom stereocenters. The molecule has 102 valence electrons. The van der Waals surface area contributed by atoms with Crippen molar-refractivity contribution in [1.29, 1.82) is 0 Å². The summed E-state index contributed by atoms with van der Waals surface area (Å²) in [6.45, 7) is 0. The number of halogens is 2. The van der Waals surface area contributed by atoms with Crippen molar-refractivity contribution < 1.29 is 13.2 Å². The normalized spacial score (nSPS) is 33.4. The highest BCUT2D eigenvalue weighted by Gasteiger charge is 2.54. The predicted molar refractivity (Wildman–Crippen MR) is 77.6 cm³/mol. The quantitative estimate of drug-likeness (QED) is 0.611. The van der Waals surface area contributed by atoms with E-state index >= 15 is 0 Å². The molecule has 2 fully saturated rings. The SMILES string of the molecule is O=[S+]1(O)C[C@H]2NC(=S)N(c3ccc(F)c(Cl)c3)[C@H]2C1. The maximum atomic E-state index is 13.2. The van der Waals surface area contributed by atoms with Crippen LogP contribution in [0.25, 0.3) is 0 Å². The van der Waals surface area contributed by atoms with E-state index in [1.165, 1.54) is 12.1 Å². The van der Waals surface area contributed by atoms with E-state index in [-0.39, 0.29) is 28.6 Å². The summed E-state index contributed by atoms with van der Waals surface area (Å²) in [5.74, 6) is -0.166. The summed E-state index contributed by atoms with van der Waals surface area (Å²) in [6.07, 6.45) is 0. The molecule has 1 unspecified atom stereocenters. The molecule has 0 amide bonds. The van der Waals surface area contributed by atoms with Gasteiger partial charge < -0.3 is 10.2 Å². The van der Waals surface area contributed by atoms with Gasteiger partial charge in [0.2, 0.25) is 10.2 Å². The van der Waals surface area contributed by atoms with Crippen LogP contribution in [0.2, 0.25) is 5.02 Å². The molecule has 8 heteroatoms. The fourth-order valence-electron chi connectivity index (χ4n) is 2.56. The molecule has 0 bridgehead atoms. The zero-order chi connectivity index (χ0) is 13.8. The Bertz CT molecular complexity index is 612. The van der Waals surface area contributed by atoms with E-state index < -0.39 is 16.0 Å². The van der Waals surface area contributed by atoms with Crippen molar-refractivity contribution in [3.05, 3.63) is 29.0 Å². The van der Waals surface area contributed by atoms with Crippen molar-refractivity contribution in [2.75, 3.05) is 16.4 Å². The lowest BCUT2D eigenvalue weighted by molar-refractivity contribution is 0.502. The zero-order valence-electron chi connectivity index (χ0n) is 9.68. The van der Waals surface area contributed by atoms with Gasteiger partial charge in [-0.1, -0.05) is 15.8 Å². The number of nitrogens with one attached hydrogen (secondary N) is 1. The number of thiocarbonyl (C=S) groups is 1. The van der Waals surface area contributed by atoms with E-state index in [0.717, 1.165) is 0 Å². The van der Waals surface area contributed by atoms with E-state index in [4.69, 9.17) is 23.8 Å². The van der Waals surface area contributed by atoms with Gasteiger partial charge in [0.25, 0.3) is 0 Å². The second-order valence-corrected chi connectivity index (χ2v) is 7.70. The van der Waals surface area contributed by atoms with E-state index in [1.807, 2.05) is 0 Å². The van der Waals surface area contributed by atoms with Crippen LogP contribution in [-0.4, -0.2) is 33.3 Å². The van der Waals surface area contributed by atoms with Crippen LogP contribution in [0.3, 0.4) is 0 Å². The third-order valence-corrected chi connectivity index (χ3v) is 5.72. The summed E-state index contributed by atoms with van der Waals surface area (Å²) in [5, 5.41) is 3.52. The molecule has 0 spiro atoms. The Labute approximate surface area is 121 Å². The highest BCUT2D eigenvalue weighted by atomic mass is 35.5. The van der Waals surface area contributed by atoms with Gasteiger partial charge in [-0.15, -0.1) is 0 Å². The molecule has 0 radical (unpaired) electrons. The van der Waals surface area contributed by atoms with Crippen LogP contribution in [0.1, 0.15) is 0 Å². The third kappa shape index (κ3) is 2.24. The molecule has 4 nitrogen and oxygen atoms in total. The van der Waals surface area contributed by atoms with Gasteiger partial charge in [0.15, 0.2) is 16.6 Å². The highest BCUT2D eigenvalue weighted by Crippen LogP contribution is 2.33. The van der Waals surface area contributed by atoms with Crippen LogP contribution in [-0.2, 0) is 14.4 Å². The highest BCUT2D eigenvalue weighted by molar-refractivity contribution is 7.98. The van der Waals surface area contributed by atoms with Crippen molar-refractivity contribution in [2.45, 2.75) is 12.1 Å². The Morgan fingerprint density at radius 1 is 1.53 bits per heavy atom. The lowest BCUT2D eigenvalue weighted by atomic mass is 10.1. The van der Waals surface area contributed by atoms with E-state index in [9.17, 15) is 13.2 Å². The second-order valence-electron chi connectivity index (χ2n) is 4.70.